The molecule has 0 radical (unpaired) electrons. The van der Waals surface area contributed by atoms with E-state index in [1.165, 1.54) is 6.07 Å². The minimum atomic E-state index is -0.0736. The number of rotatable bonds is 6. The Labute approximate surface area is 132 Å². The average Bonchev–Trinajstić information content (AvgIpc) is 2.48. The molecule has 110 valence electrons. The zero-order valence-electron chi connectivity index (χ0n) is 11.8. The molecule has 1 N–H and O–H groups in total. The fraction of sp³-hybridized carbons (Fsp3) is 0.235. The summed E-state index contributed by atoms with van der Waals surface area (Å²) in [6.07, 6.45) is 0.899. The van der Waals surface area contributed by atoms with Crippen molar-refractivity contribution in [2.75, 3.05) is 6.61 Å². The van der Waals surface area contributed by atoms with Gasteiger partial charge in [0.2, 0.25) is 0 Å². The maximum Gasteiger partial charge on any atom is 0.166 e. The van der Waals surface area contributed by atoms with E-state index in [1.54, 1.807) is 18.2 Å². The summed E-state index contributed by atoms with van der Waals surface area (Å²) in [6, 6.07) is 12.4. The highest BCUT2D eigenvalue weighted by atomic mass is 79.9. The van der Waals surface area contributed by atoms with Crippen LogP contribution in [0.2, 0.25) is 0 Å². The van der Waals surface area contributed by atoms with Crippen LogP contribution in [-0.4, -0.2) is 17.5 Å². The fourth-order valence-corrected chi connectivity index (χ4v) is 2.54. The van der Waals surface area contributed by atoms with Crippen LogP contribution in [0.15, 0.2) is 46.9 Å². The van der Waals surface area contributed by atoms with Crippen molar-refractivity contribution in [2.24, 2.45) is 0 Å². The third-order valence-electron chi connectivity index (χ3n) is 3.15. The van der Waals surface area contributed by atoms with Gasteiger partial charge in [-0.1, -0.05) is 28.1 Å². The Bertz CT molecular complexity index is 638. The molecule has 0 aliphatic carbocycles. The van der Waals surface area contributed by atoms with Crippen LogP contribution < -0.4 is 4.74 Å². The van der Waals surface area contributed by atoms with Gasteiger partial charge in [0.1, 0.15) is 11.5 Å². The van der Waals surface area contributed by atoms with Gasteiger partial charge in [0.25, 0.3) is 0 Å². The molecule has 0 aliphatic heterocycles. The predicted molar refractivity (Wildman–Crippen MR) is 86.1 cm³/mol. The molecule has 0 fully saturated rings. The molecular weight excluding hydrogens is 332 g/mol. The lowest BCUT2D eigenvalue weighted by molar-refractivity contribution is 0.0980. The molecule has 0 amide bonds. The molecule has 0 atom stereocenters. The first kappa shape index (κ1) is 15.6. The molecule has 0 unspecified atom stereocenters. The van der Waals surface area contributed by atoms with Crippen molar-refractivity contribution >= 4 is 21.7 Å². The van der Waals surface area contributed by atoms with Crippen molar-refractivity contribution in [2.45, 2.75) is 19.8 Å². The first-order valence-electron chi connectivity index (χ1n) is 6.84. The summed E-state index contributed by atoms with van der Waals surface area (Å²) < 4.78 is 6.53. The number of hydrogen-bond donors (Lipinski definition) is 1. The number of carbonyl (C=O) groups excluding carboxylic acids is 1. The van der Waals surface area contributed by atoms with Crippen LogP contribution >= 0.6 is 15.9 Å². The monoisotopic (exact) mass is 348 g/mol. The number of aromatic hydroxyl groups is 1. The number of ketones is 1. The smallest absolute Gasteiger partial charge is 0.166 e. The molecule has 3 nitrogen and oxygen atoms in total. The van der Waals surface area contributed by atoms with E-state index in [0.29, 0.717) is 25.0 Å². The number of ether oxygens (including phenoxy) is 1. The van der Waals surface area contributed by atoms with Gasteiger partial charge in [-0.15, -0.1) is 0 Å². The van der Waals surface area contributed by atoms with Crippen molar-refractivity contribution in [3.8, 4) is 11.5 Å². The second kappa shape index (κ2) is 7.27. The Morgan fingerprint density at radius 2 is 2.00 bits per heavy atom. The highest BCUT2D eigenvalue weighted by Gasteiger charge is 2.12. The summed E-state index contributed by atoms with van der Waals surface area (Å²) >= 11 is 3.43. The predicted octanol–water partition coefficient (Wildman–Crippen LogP) is 4.37. The average molecular weight is 349 g/mol. The largest absolute Gasteiger partial charge is 0.507 e. The minimum absolute atomic E-state index is 0.0294. The highest BCUT2D eigenvalue weighted by molar-refractivity contribution is 9.10. The molecule has 2 aromatic carbocycles. The lowest BCUT2D eigenvalue weighted by Gasteiger charge is -2.10. The lowest BCUT2D eigenvalue weighted by Crippen LogP contribution is -2.03. The number of para-hydroxylation sites is 1. The fourth-order valence-electron chi connectivity index (χ4n) is 2.13. The van der Waals surface area contributed by atoms with E-state index < -0.39 is 0 Å². The van der Waals surface area contributed by atoms with E-state index in [1.807, 2.05) is 25.1 Å². The number of phenolic OH excluding ortho intramolecular Hbond substituents is 1. The molecule has 21 heavy (non-hydrogen) atoms. The van der Waals surface area contributed by atoms with Gasteiger partial charge >= 0.3 is 0 Å². The Hall–Kier alpha value is -1.81. The van der Waals surface area contributed by atoms with E-state index in [0.717, 1.165) is 15.8 Å². The first-order chi connectivity index (χ1) is 10.1. The lowest BCUT2D eigenvalue weighted by atomic mass is 10.0. The van der Waals surface area contributed by atoms with E-state index in [2.05, 4.69) is 15.9 Å². The Kier molecular flexibility index (Phi) is 5.39. The quantitative estimate of drug-likeness (QED) is 0.788. The second-order valence-electron chi connectivity index (χ2n) is 4.63. The van der Waals surface area contributed by atoms with Crippen LogP contribution in [0.3, 0.4) is 0 Å². The van der Waals surface area contributed by atoms with Crippen LogP contribution in [0.1, 0.15) is 29.3 Å². The topological polar surface area (TPSA) is 46.5 Å². The highest BCUT2D eigenvalue weighted by Crippen LogP contribution is 2.26. The summed E-state index contributed by atoms with van der Waals surface area (Å²) in [5, 5.41) is 9.71. The number of aryl methyl sites for hydroxylation is 1. The van der Waals surface area contributed by atoms with Crippen LogP contribution in [0, 0.1) is 0 Å². The third-order valence-corrected chi connectivity index (χ3v) is 3.64. The molecule has 0 saturated carbocycles. The van der Waals surface area contributed by atoms with Gasteiger partial charge in [-0.05, 0) is 49.2 Å². The molecular formula is C17H17BrO3. The zero-order chi connectivity index (χ0) is 15.2. The van der Waals surface area contributed by atoms with Crippen LogP contribution in [0.5, 0.6) is 11.5 Å². The number of Topliss-reactive ketones (excluding diaryl/α,β-unsaturated/α-hetero) is 1. The van der Waals surface area contributed by atoms with Crippen molar-refractivity contribution in [1.82, 2.24) is 0 Å². The van der Waals surface area contributed by atoms with Gasteiger partial charge in [0.15, 0.2) is 5.78 Å². The number of carbonyl (C=O) groups is 1. The Morgan fingerprint density at radius 1 is 1.24 bits per heavy atom. The minimum Gasteiger partial charge on any atom is -0.507 e. The molecule has 0 heterocycles. The molecule has 4 heteroatoms. The van der Waals surface area contributed by atoms with E-state index in [4.69, 9.17) is 4.74 Å². The van der Waals surface area contributed by atoms with Crippen LogP contribution in [0.25, 0.3) is 0 Å². The van der Waals surface area contributed by atoms with Crippen LogP contribution in [-0.2, 0) is 6.42 Å². The Balaban J connectivity index is 2.11. The van der Waals surface area contributed by atoms with E-state index in [-0.39, 0.29) is 11.5 Å². The number of hydrogen-bond acceptors (Lipinski definition) is 3. The maximum atomic E-state index is 12.2. The summed E-state index contributed by atoms with van der Waals surface area (Å²) in [5.74, 6) is 0.753. The van der Waals surface area contributed by atoms with Gasteiger partial charge < -0.3 is 9.84 Å². The zero-order valence-corrected chi connectivity index (χ0v) is 13.4. The summed E-state index contributed by atoms with van der Waals surface area (Å²) in [6.45, 7) is 2.51. The molecule has 0 saturated heterocycles. The molecule has 0 spiro atoms. The third kappa shape index (κ3) is 4.08. The van der Waals surface area contributed by atoms with Gasteiger partial charge in [0.05, 0.1) is 12.2 Å². The van der Waals surface area contributed by atoms with Crippen molar-refractivity contribution in [3.63, 3.8) is 0 Å². The first-order valence-corrected chi connectivity index (χ1v) is 7.63. The normalized spacial score (nSPS) is 10.4. The SMILES string of the molecule is CCOc1ccc(Br)cc1CCC(=O)c1ccccc1O. The standard InChI is InChI=1S/C17H17BrO3/c1-2-21-17-10-8-13(18)11-12(17)7-9-16(20)14-5-3-4-6-15(14)19/h3-6,8,10-11,19H,2,7,9H2,1H3. The molecule has 2 rings (SSSR count). The van der Waals surface area contributed by atoms with E-state index in [9.17, 15) is 9.90 Å². The molecule has 0 aliphatic rings. The number of phenols is 1. The van der Waals surface area contributed by atoms with Gasteiger partial charge in [0, 0.05) is 10.9 Å². The summed E-state index contributed by atoms with van der Waals surface area (Å²) in [4.78, 5) is 12.2. The van der Waals surface area contributed by atoms with Gasteiger partial charge in [-0.2, -0.15) is 0 Å². The second-order valence-corrected chi connectivity index (χ2v) is 5.54. The van der Waals surface area contributed by atoms with Crippen molar-refractivity contribution < 1.29 is 14.6 Å². The van der Waals surface area contributed by atoms with E-state index >= 15 is 0 Å². The summed E-state index contributed by atoms with van der Waals surface area (Å²) in [7, 11) is 0. The summed E-state index contributed by atoms with van der Waals surface area (Å²) in [5.41, 5.74) is 1.35. The number of halogens is 1. The molecule has 2 aromatic rings. The van der Waals surface area contributed by atoms with Gasteiger partial charge in [-0.3, -0.25) is 4.79 Å². The number of benzene rings is 2. The van der Waals surface area contributed by atoms with Crippen LogP contribution in [0.4, 0.5) is 0 Å². The Morgan fingerprint density at radius 3 is 2.71 bits per heavy atom. The van der Waals surface area contributed by atoms with Crippen molar-refractivity contribution in [1.29, 1.82) is 0 Å². The maximum absolute atomic E-state index is 12.2. The van der Waals surface area contributed by atoms with Crippen molar-refractivity contribution in [3.05, 3.63) is 58.1 Å². The molecule has 0 bridgehead atoms. The van der Waals surface area contributed by atoms with Gasteiger partial charge in [-0.25, -0.2) is 0 Å². The molecule has 0 aromatic heterocycles.